The van der Waals surface area contributed by atoms with Crippen LogP contribution in [0.5, 0.6) is 0 Å². The Bertz CT molecular complexity index is 540. The molecule has 1 aromatic carbocycles. The van der Waals surface area contributed by atoms with E-state index in [4.69, 9.17) is 0 Å². The zero-order chi connectivity index (χ0) is 15.8. The molecule has 6 heteroatoms. The van der Waals surface area contributed by atoms with Gasteiger partial charge in [0, 0.05) is 6.54 Å². The minimum Gasteiger partial charge on any atom is -0.288 e. The maximum Gasteiger partial charge on any atom is 0.406 e. The number of halogens is 3. The van der Waals surface area contributed by atoms with Crippen molar-refractivity contribution in [1.82, 2.24) is 10.4 Å². The first-order valence-corrected chi connectivity index (χ1v) is 6.80. The molecule has 0 radical (unpaired) electrons. The van der Waals surface area contributed by atoms with Gasteiger partial charge < -0.3 is 0 Å². The highest BCUT2D eigenvalue weighted by Crippen LogP contribution is 2.32. The molecule has 1 aliphatic heterocycles. The van der Waals surface area contributed by atoms with Crippen LogP contribution in [-0.4, -0.2) is 29.7 Å². The van der Waals surface area contributed by atoms with E-state index >= 15 is 0 Å². The minimum atomic E-state index is -4.41. The second kappa shape index (κ2) is 5.33. The molecular weight excluding hydrogens is 281 g/mol. The molecular formula is C15H19F3N2O. The number of aryl methyl sites for hydroxylation is 1. The summed E-state index contributed by atoms with van der Waals surface area (Å²) < 4.78 is 40.1. The van der Waals surface area contributed by atoms with Gasteiger partial charge in [0.2, 0.25) is 5.91 Å². The van der Waals surface area contributed by atoms with Gasteiger partial charge in [-0.3, -0.25) is 10.2 Å². The van der Waals surface area contributed by atoms with E-state index in [9.17, 15) is 18.0 Å². The average molecular weight is 300 g/mol. The van der Waals surface area contributed by atoms with Gasteiger partial charge in [0.05, 0.1) is 5.41 Å². The number of carbonyl (C=O) groups excluding carboxylic acids is 1. The van der Waals surface area contributed by atoms with Gasteiger partial charge in [0.15, 0.2) is 0 Å². The van der Waals surface area contributed by atoms with Gasteiger partial charge in [-0.25, -0.2) is 5.01 Å². The van der Waals surface area contributed by atoms with Crippen LogP contribution in [0, 0.1) is 12.3 Å². The summed E-state index contributed by atoms with van der Waals surface area (Å²) in [4.78, 5) is 11.7. The molecule has 1 N–H and O–H groups in total. The molecule has 1 aliphatic rings. The smallest absolute Gasteiger partial charge is 0.288 e. The molecule has 1 atom stereocenters. The van der Waals surface area contributed by atoms with E-state index in [1.807, 2.05) is 0 Å². The minimum absolute atomic E-state index is 0.0435. The monoisotopic (exact) mass is 300 g/mol. The zero-order valence-corrected chi connectivity index (χ0v) is 12.3. The summed E-state index contributed by atoms with van der Waals surface area (Å²) in [7, 11) is 0. The molecule has 2 rings (SSSR count). The number of rotatable bonds is 3. The fourth-order valence-electron chi connectivity index (χ4n) is 2.46. The summed E-state index contributed by atoms with van der Waals surface area (Å²) >= 11 is 0. The van der Waals surface area contributed by atoms with E-state index in [2.05, 4.69) is 5.43 Å². The maximum atomic E-state index is 13.4. The number of carbonyl (C=O) groups is 1. The third-order valence-corrected chi connectivity index (χ3v) is 3.85. The Hall–Kier alpha value is -1.56. The topological polar surface area (TPSA) is 32.3 Å². The van der Waals surface area contributed by atoms with E-state index in [1.165, 1.54) is 0 Å². The number of hydrogen-bond acceptors (Lipinski definition) is 2. The molecule has 1 saturated heterocycles. The average Bonchev–Trinajstić information content (AvgIpc) is 2.61. The van der Waals surface area contributed by atoms with E-state index < -0.39 is 17.6 Å². The second-order valence-electron chi connectivity index (χ2n) is 6.14. The predicted molar refractivity (Wildman–Crippen MR) is 73.4 cm³/mol. The summed E-state index contributed by atoms with van der Waals surface area (Å²) in [5.74, 6) is -0.374. The number of alkyl halides is 3. The molecule has 0 aliphatic carbocycles. The van der Waals surface area contributed by atoms with Gasteiger partial charge in [-0.15, -0.1) is 0 Å². The van der Waals surface area contributed by atoms with Crippen LogP contribution >= 0.6 is 0 Å². The van der Waals surface area contributed by atoms with Crippen molar-refractivity contribution in [3.63, 3.8) is 0 Å². The third-order valence-electron chi connectivity index (χ3n) is 3.85. The van der Waals surface area contributed by atoms with Crippen molar-refractivity contribution in [3.8, 4) is 0 Å². The first kappa shape index (κ1) is 15.8. The van der Waals surface area contributed by atoms with Crippen LogP contribution in [0.1, 0.15) is 25.0 Å². The maximum absolute atomic E-state index is 13.4. The summed E-state index contributed by atoms with van der Waals surface area (Å²) in [5.41, 5.74) is 3.01. The van der Waals surface area contributed by atoms with E-state index in [0.29, 0.717) is 5.56 Å². The van der Waals surface area contributed by atoms with Crippen molar-refractivity contribution in [2.45, 2.75) is 39.4 Å². The number of hydrazine groups is 1. The molecule has 1 fully saturated rings. The number of amides is 1. The van der Waals surface area contributed by atoms with Crippen molar-refractivity contribution in [2.24, 2.45) is 5.41 Å². The number of nitrogens with one attached hydrogen (secondary N) is 1. The first-order valence-electron chi connectivity index (χ1n) is 6.80. The van der Waals surface area contributed by atoms with Gasteiger partial charge in [0.1, 0.15) is 6.04 Å². The van der Waals surface area contributed by atoms with Gasteiger partial charge in [-0.1, -0.05) is 24.3 Å². The number of hydrogen-bond donors (Lipinski definition) is 1. The van der Waals surface area contributed by atoms with Crippen LogP contribution in [0.3, 0.4) is 0 Å². The Morgan fingerprint density at radius 2 is 1.95 bits per heavy atom. The largest absolute Gasteiger partial charge is 0.406 e. The Morgan fingerprint density at radius 1 is 1.33 bits per heavy atom. The van der Waals surface area contributed by atoms with Crippen LogP contribution in [-0.2, 0) is 11.2 Å². The van der Waals surface area contributed by atoms with Crippen molar-refractivity contribution < 1.29 is 18.0 Å². The molecule has 0 spiro atoms. The zero-order valence-electron chi connectivity index (χ0n) is 12.3. The Labute approximate surface area is 122 Å². The third kappa shape index (κ3) is 3.37. The quantitative estimate of drug-likeness (QED) is 0.931. The standard InChI is InChI=1S/C15H19F3N2O/c1-10-6-4-5-7-11(10)8-12(15(16,17)18)20-9-14(2,3)13(21)19-20/h4-7,12H,8-9H2,1-3H3,(H,19,21)/t12-/m0/s1. The molecule has 116 valence electrons. The van der Waals surface area contributed by atoms with E-state index in [1.54, 1.807) is 45.0 Å². The Balaban J connectivity index is 2.25. The summed E-state index contributed by atoms with van der Waals surface area (Å²) in [5, 5.41) is 1.02. The molecule has 0 aromatic heterocycles. The van der Waals surface area contributed by atoms with Crippen molar-refractivity contribution in [1.29, 1.82) is 0 Å². The molecule has 21 heavy (non-hydrogen) atoms. The van der Waals surface area contributed by atoms with Crippen LogP contribution in [0.2, 0.25) is 0 Å². The van der Waals surface area contributed by atoms with E-state index in [-0.39, 0.29) is 18.9 Å². The molecule has 0 saturated carbocycles. The first-order chi connectivity index (χ1) is 9.61. The summed E-state index contributed by atoms with van der Waals surface area (Å²) in [6, 6.07) is 5.28. The fraction of sp³-hybridized carbons (Fsp3) is 0.533. The van der Waals surface area contributed by atoms with Gasteiger partial charge in [-0.05, 0) is 38.3 Å². The molecule has 3 nitrogen and oxygen atoms in total. The van der Waals surface area contributed by atoms with Gasteiger partial charge in [0.25, 0.3) is 0 Å². The lowest BCUT2D eigenvalue weighted by atomic mass is 9.93. The van der Waals surface area contributed by atoms with Crippen molar-refractivity contribution in [3.05, 3.63) is 35.4 Å². The number of nitrogens with zero attached hydrogens (tertiary/aromatic N) is 1. The van der Waals surface area contributed by atoms with E-state index in [0.717, 1.165) is 10.6 Å². The molecule has 0 unspecified atom stereocenters. The molecule has 1 aromatic rings. The van der Waals surface area contributed by atoms with Crippen molar-refractivity contribution >= 4 is 5.91 Å². The predicted octanol–water partition coefficient (Wildman–Crippen LogP) is 2.84. The van der Waals surface area contributed by atoms with Gasteiger partial charge in [-0.2, -0.15) is 13.2 Å². The Kier molecular flexibility index (Phi) is 4.02. The van der Waals surface area contributed by atoms with Gasteiger partial charge >= 0.3 is 6.18 Å². The second-order valence-corrected chi connectivity index (χ2v) is 6.14. The SMILES string of the molecule is Cc1ccccc1C[C@H](N1CC(C)(C)C(=O)N1)C(F)(F)F. The highest BCUT2D eigenvalue weighted by Gasteiger charge is 2.50. The highest BCUT2D eigenvalue weighted by atomic mass is 19.4. The van der Waals surface area contributed by atoms with Crippen LogP contribution in [0.25, 0.3) is 0 Å². The lowest BCUT2D eigenvalue weighted by Crippen LogP contribution is -2.51. The molecule has 0 bridgehead atoms. The lowest BCUT2D eigenvalue weighted by Gasteiger charge is -2.30. The van der Waals surface area contributed by atoms with Crippen molar-refractivity contribution in [2.75, 3.05) is 6.54 Å². The Morgan fingerprint density at radius 3 is 2.43 bits per heavy atom. The highest BCUT2D eigenvalue weighted by molar-refractivity contribution is 5.83. The normalized spacial score (nSPS) is 20.4. The fourth-order valence-corrected chi connectivity index (χ4v) is 2.46. The molecule has 1 heterocycles. The molecule has 1 amide bonds. The van der Waals surface area contributed by atoms with Crippen LogP contribution in [0.4, 0.5) is 13.2 Å². The summed E-state index contributed by atoms with van der Waals surface area (Å²) in [6.45, 7) is 5.12. The van der Waals surface area contributed by atoms with Crippen LogP contribution in [0.15, 0.2) is 24.3 Å². The lowest BCUT2D eigenvalue weighted by molar-refractivity contribution is -0.188. The number of benzene rings is 1. The van der Waals surface area contributed by atoms with Crippen LogP contribution < -0.4 is 5.43 Å². The summed E-state index contributed by atoms with van der Waals surface area (Å²) in [6.07, 6.45) is -4.58.